The van der Waals surface area contributed by atoms with Gasteiger partial charge in [0.2, 0.25) is 0 Å². The number of rotatable bonds is 3. The van der Waals surface area contributed by atoms with E-state index in [0.717, 1.165) is 0 Å². The second-order valence-electron chi connectivity index (χ2n) is 3.75. The monoisotopic (exact) mass is 307 g/mol. The zero-order valence-corrected chi connectivity index (χ0v) is 9.47. The first-order valence-electron chi connectivity index (χ1n) is 4.97. The summed E-state index contributed by atoms with van der Waals surface area (Å²) in [4.78, 5) is 0. The molecule has 0 fully saturated rings. The van der Waals surface area contributed by atoms with Crippen LogP contribution in [0.5, 0.6) is 5.75 Å². The fraction of sp³-hybridized carbons (Fsp3) is 0.400. The van der Waals surface area contributed by atoms with Gasteiger partial charge in [0.1, 0.15) is 0 Å². The molecule has 1 rings (SSSR count). The van der Waals surface area contributed by atoms with E-state index in [1.54, 1.807) is 0 Å². The van der Waals surface area contributed by atoms with Gasteiger partial charge in [-0.3, -0.25) is 0 Å². The molecule has 0 aliphatic rings. The molecule has 0 spiro atoms. The quantitative estimate of drug-likeness (QED) is 0.844. The summed E-state index contributed by atoms with van der Waals surface area (Å²) in [5, 5.41) is 8.87. The SMILES string of the molecule is N[C@H](c1ccc(OC(F)(F)F)c(F)c1)[C@@H](O)C(F)(F)F. The highest BCUT2D eigenvalue weighted by molar-refractivity contribution is 5.31. The van der Waals surface area contributed by atoms with E-state index in [-0.39, 0.29) is 0 Å². The minimum Gasteiger partial charge on any atom is -0.403 e. The highest BCUT2D eigenvalue weighted by Crippen LogP contribution is 2.31. The predicted molar refractivity (Wildman–Crippen MR) is 52.1 cm³/mol. The van der Waals surface area contributed by atoms with Crippen LogP contribution in [0.15, 0.2) is 18.2 Å². The van der Waals surface area contributed by atoms with Gasteiger partial charge < -0.3 is 15.6 Å². The van der Waals surface area contributed by atoms with Crippen LogP contribution in [0.4, 0.5) is 30.7 Å². The average Bonchev–Trinajstić information content (AvgIpc) is 2.27. The van der Waals surface area contributed by atoms with Crippen molar-refractivity contribution < 1.29 is 40.6 Å². The topological polar surface area (TPSA) is 55.5 Å². The van der Waals surface area contributed by atoms with Crippen molar-refractivity contribution in [3.63, 3.8) is 0 Å². The van der Waals surface area contributed by atoms with Crippen LogP contribution < -0.4 is 10.5 Å². The minimum atomic E-state index is -5.14. The first kappa shape index (κ1) is 16.5. The highest BCUT2D eigenvalue weighted by Gasteiger charge is 2.43. The Morgan fingerprint density at radius 2 is 1.65 bits per heavy atom. The van der Waals surface area contributed by atoms with Crippen LogP contribution >= 0.6 is 0 Å². The molecule has 0 bridgehead atoms. The summed E-state index contributed by atoms with van der Waals surface area (Å²) in [6, 6.07) is -0.532. The van der Waals surface area contributed by atoms with E-state index in [1.165, 1.54) is 0 Å². The lowest BCUT2D eigenvalue weighted by Gasteiger charge is -2.22. The number of aliphatic hydroxyl groups is 1. The number of ether oxygens (including phenoxy) is 1. The Bertz CT molecular complexity index is 472. The third-order valence-corrected chi connectivity index (χ3v) is 2.24. The van der Waals surface area contributed by atoms with Gasteiger partial charge in [-0.05, 0) is 17.7 Å². The molecule has 10 heteroatoms. The average molecular weight is 307 g/mol. The van der Waals surface area contributed by atoms with E-state index >= 15 is 0 Å². The normalized spacial score (nSPS) is 15.8. The zero-order valence-electron chi connectivity index (χ0n) is 9.47. The summed E-state index contributed by atoms with van der Waals surface area (Å²) < 4.78 is 88.7. The van der Waals surface area contributed by atoms with Crippen LogP contribution in [0, 0.1) is 5.82 Å². The molecule has 1 aromatic carbocycles. The summed E-state index contributed by atoms with van der Waals surface area (Å²) in [6.45, 7) is 0. The van der Waals surface area contributed by atoms with E-state index in [2.05, 4.69) is 4.74 Å². The molecular weight excluding hydrogens is 299 g/mol. The van der Waals surface area contributed by atoms with Crippen molar-refractivity contribution in [2.24, 2.45) is 5.73 Å². The van der Waals surface area contributed by atoms with E-state index in [0.29, 0.717) is 18.2 Å². The summed E-state index contributed by atoms with van der Waals surface area (Å²) in [6.07, 6.45) is -13.2. The number of nitrogens with two attached hydrogens (primary N) is 1. The third kappa shape index (κ3) is 4.23. The Morgan fingerprint density at radius 1 is 1.10 bits per heavy atom. The van der Waals surface area contributed by atoms with E-state index < -0.39 is 41.8 Å². The first-order chi connectivity index (χ1) is 8.92. The Balaban J connectivity index is 2.98. The van der Waals surface area contributed by atoms with E-state index in [4.69, 9.17) is 10.8 Å². The molecule has 0 amide bonds. The molecule has 0 aliphatic heterocycles. The lowest BCUT2D eigenvalue weighted by atomic mass is 10.0. The second kappa shape index (κ2) is 5.44. The standard InChI is InChI=1S/C10H8F7NO2/c11-5-3-4(7(18)8(19)9(12,13)14)1-2-6(5)20-10(15,16)17/h1-3,7-8,19H,18H2/t7-,8-/m1/s1. The Labute approximate surface area is 107 Å². The summed E-state index contributed by atoms with van der Waals surface area (Å²) in [5.74, 6) is -2.76. The van der Waals surface area contributed by atoms with Crippen molar-refractivity contribution in [3.8, 4) is 5.75 Å². The largest absolute Gasteiger partial charge is 0.573 e. The molecule has 2 atom stereocenters. The maximum absolute atomic E-state index is 13.3. The van der Waals surface area contributed by atoms with Crippen LogP contribution in [-0.4, -0.2) is 23.7 Å². The summed E-state index contributed by atoms with van der Waals surface area (Å²) >= 11 is 0. The third-order valence-electron chi connectivity index (χ3n) is 2.24. The number of hydrogen-bond acceptors (Lipinski definition) is 3. The number of halogens is 7. The zero-order chi connectivity index (χ0) is 15.7. The van der Waals surface area contributed by atoms with E-state index in [9.17, 15) is 30.7 Å². The molecule has 3 nitrogen and oxygen atoms in total. The number of alkyl halides is 6. The smallest absolute Gasteiger partial charge is 0.403 e. The van der Waals surface area contributed by atoms with Crippen molar-refractivity contribution >= 4 is 0 Å². The Kier molecular flexibility index (Phi) is 4.49. The van der Waals surface area contributed by atoms with Gasteiger partial charge in [0.05, 0.1) is 6.04 Å². The maximum Gasteiger partial charge on any atom is 0.573 e. The Morgan fingerprint density at radius 3 is 2.05 bits per heavy atom. The molecule has 1 aromatic rings. The Hall–Kier alpha value is -1.55. The summed E-state index contributed by atoms with van der Waals surface area (Å²) in [5.41, 5.74) is 4.55. The van der Waals surface area contributed by atoms with Crippen LogP contribution in [0.3, 0.4) is 0 Å². The van der Waals surface area contributed by atoms with Crippen molar-refractivity contribution in [2.45, 2.75) is 24.7 Å². The van der Waals surface area contributed by atoms with Gasteiger partial charge in [-0.1, -0.05) is 6.07 Å². The van der Waals surface area contributed by atoms with E-state index in [1.807, 2.05) is 0 Å². The van der Waals surface area contributed by atoms with Crippen LogP contribution in [0.1, 0.15) is 11.6 Å². The van der Waals surface area contributed by atoms with Crippen molar-refractivity contribution in [1.29, 1.82) is 0 Å². The van der Waals surface area contributed by atoms with Crippen LogP contribution in [-0.2, 0) is 0 Å². The van der Waals surface area contributed by atoms with Crippen molar-refractivity contribution in [1.82, 2.24) is 0 Å². The van der Waals surface area contributed by atoms with Gasteiger partial charge in [-0.25, -0.2) is 4.39 Å². The number of aliphatic hydroxyl groups excluding tert-OH is 1. The highest BCUT2D eigenvalue weighted by atomic mass is 19.4. The molecule has 0 aromatic heterocycles. The van der Waals surface area contributed by atoms with Gasteiger partial charge in [0.25, 0.3) is 0 Å². The molecule has 114 valence electrons. The number of benzene rings is 1. The predicted octanol–water partition coefficient (Wildman–Crippen LogP) is 2.65. The molecule has 0 aliphatic carbocycles. The maximum atomic E-state index is 13.3. The molecule has 0 radical (unpaired) electrons. The van der Waals surface area contributed by atoms with Crippen molar-refractivity contribution in [2.75, 3.05) is 0 Å². The van der Waals surface area contributed by atoms with Gasteiger partial charge in [0.15, 0.2) is 17.7 Å². The summed E-state index contributed by atoms with van der Waals surface area (Å²) in [7, 11) is 0. The van der Waals surface area contributed by atoms with Crippen LogP contribution in [0.2, 0.25) is 0 Å². The van der Waals surface area contributed by atoms with Crippen molar-refractivity contribution in [3.05, 3.63) is 29.6 Å². The molecule has 0 saturated carbocycles. The van der Waals surface area contributed by atoms with Gasteiger partial charge in [-0.2, -0.15) is 13.2 Å². The second-order valence-corrected chi connectivity index (χ2v) is 3.75. The molecule has 20 heavy (non-hydrogen) atoms. The van der Waals surface area contributed by atoms with Gasteiger partial charge >= 0.3 is 12.5 Å². The minimum absolute atomic E-state index is 0.334. The molecule has 3 N–H and O–H groups in total. The van der Waals surface area contributed by atoms with Gasteiger partial charge in [-0.15, -0.1) is 13.2 Å². The number of hydrogen-bond donors (Lipinski definition) is 2. The first-order valence-corrected chi connectivity index (χ1v) is 4.97. The lowest BCUT2D eigenvalue weighted by Crippen LogP contribution is -2.38. The fourth-order valence-electron chi connectivity index (χ4n) is 1.32. The van der Waals surface area contributed by atoms with Crippen LogP contribution in [0.25, 0.3) is 0 Å². The lowest BCUT2D eigenvalue weighted by molar-refractivity contribution is -0.275. The molecule has 0 heterocycles. The fourth-order valence-corrected chi connectivity index (χ4v) is 1.32. The van der Waals surface area contributed by atoms with Gasteiger partial charge in [0, 0.05) is 0 Å². The molecule has 0 unspecified atom stereocenters. The molecular formula is C10H8F7NO2. The molecule has 0 saturated heterocycles.